The van der Waals surface area contributed by atoms with Crippen LogP contribution in [0.1, 0.15) is 10.4 Å². The molecule has 1 heterocycles. The van der Waals surface area contributed by atoms with Gasteiger partial charge in [0.05, 0.1) is 22.2 Å². The van der Waals surface area contributed by atoms with Gasteiger partial charge < -0.3 is 24.2 Å². The Labute approximate surface area is 210 Å². The molecule has 190 valence electrons. The van der Waals surface area contributed by atoms with Crippen molar-refractivity contribution in [3.63, 3.8) is 0 Å². The summed E-state index contributed by atoms with van der Waals surface area (Å²) in [6.45, 7) is -0.0779. The summed E-state index contributed by atoms with van der Waals surface area (Å²) in [5, 5.41) is 10.2. The number of nitrogens with one attached hydrogen (secondary N) is 1. The second-order valence-corrected chi connectivity index (χ2v) is 8.86. The predicted molar refractivity (Wildman–Crippen MR) is 124 cm³/mol. The number of alkyl halides is 3. The number of ether oxygens (including phenoxy) is 2. The highest BCUT2D eigenvalue weighted by Crippen LogP contribution is 2.41. The van der Waals surface area contributed by atoms with Gasteiger partial charge in [0.25, 0.3) is 5.91 Å². The molecule has 1 amide bonds. The first kappa shape index (κ1) is 25.7. The van der Waals surface area contributed by atoms with Crippen molar-refractivity contribution < 1.29 is 41.3 Å². The Hall–Kier alpha value is -3.38. The summed E-state index contributed by atoms with van der Waals surface area (Å²) in [6, 6.07) is 7.26. The topological polar surface area (TPSA) is 71.0 Å². The van der Waals surface area contributed by atoms with Crippen LogP contribution in [0.4, 0.5) is 27.6 Å². The van der Waals surface area contributed by atoms with E-state index in [1.54, 1.807) is 0 Å². The van der Waals surface area contributed by atoms with E-state index in [1.807, 2.05) is 0 Å². The van der Waals surface area contributed by atoms with Crippen LogP contribution in [0.5, 0.6) is 17.2 Å². The smallest absolute Gasteiger partial charge is 0.505 e. The number of rotatable bonds is 1. The van der Waals surface area contributed by atoms with Crippen molar-refractivity contribution in [2.24, 2.45) is 0 Å². The highest BCUT2D eigenvalue weighted by Gasteiger charge is 2.31. The van der Waals surface area contributed by atoms with Crippen LogP contribution in [0.3, 0.4) is 0 Å². The number of hydrogen-bond donors (Lipinski definition) is 2. The van der Waals surface area contributed by atoms with Crippen molar-refractivity contribution in [3.05, 3.63) is 64.7 Å². The van der Waals surface area contributed by atoms with Gasteiger partial charge in [0.2, 0.25) is 0 Å². The third-order valence-electron chi connectivity index (χ3n) is 5.11. The van der Waals surface area contributed by atoms with Crippen molar-refractivity contribution in [2.45, 2.75) is 11.3 Å². The number of amides is 1. The van der Waals surface area contributed by atoms with E-state index in [4.69, 9.17) is 16.3 Å². The molecule has 3 aromatic carbocycles. The first-order valence-corrected chi connectivity index (χ1v) is 11.3. The number of aromatic hydroxyl groups is 1. The Kier molecular flexibility index (Phi) is 7.10. The molecule has 0 fully saturated rings. The van der Waals surface area contributed by atoms with Crippen LogP contribution in [0, 0.1) is 11.6 Å². The van der Waals surface area contributed by atoms with Crippen LogP contribution >= 0.6 is 23.5 Å². The lowest BCUT2D eigenvalue weighted by Crippen LogP contribution is -2.31. The van der Waals surface area contributed by atoms with E-state index >= 15 is 0 Å². The summed E-state index contributed by atoms with van der Waals surface area (Å²) < 4.78 is 80.0. The molecule has 2 N–H and O–H groups in total. The summed E-state index contributed by atoms with van der Waals surface area (Å²) in [6.07, 6.45) is -5.00. The number of anilines is 1. The third-order valence-corrected chi connectivity index (χ3v) is 6.25. The third kappa shape index (κ3) is 5.54. The minimum atomic E-state index is -5.00. The van der Waals surface area contributed by atoms with E-state index < -0.39 is 29.7 Å². The number of fused-ring (bicyclic) bond motifs is 6. The lowest BCUT2D eigenvalue weighted by Gasteiger charge is -2.19. The van der Waals surface area contributed by atoms with E-state index in [1.165, 1.54) is 24.1 Å². The minimum Gasteiger partial charge on any atom is -0.505 e. The summed E-state index contributed by atoms with van der Waals surface area (Å²) in [7, 11) is 1.48. The van der Waals surface area contributed by atoms with Crippen molar-refractivity contribution in [1.29, 1.82) is 0 Å². The van der Waals surface area contributed by atoms with Crippen molar-refractivity contribution in [2.75, 3.05) is 24.9 Å². The highest BCUT2D eigenvalue weighted by atomic mass is 35.5. The minimum absolute atomic E-state index is 0.0226. The zero-order valence-electron chi connectivity index (χ0n) is 18.3. The molecule has 0 atom stereocenters. The van der Waals surface area contributed by atoms with Crippen molar-refractivity contribution in [3.8, 4) is 28.4 Å². The molecule has 0 saturated carbocycles. The van der Waals surface area contributed by atoms with Crippen molar-refractivity contribution in [1.82, 2.24) is 4.90 Å². The lowest BCUT2D eigenvalue weighted by atomic mass is 10.0. The fourth-order valence-corrected chi connectivity index (χ4v) is 4.42. The first-order valence-electron chi connectivity index (χ1n) is 10.2. The summed E-state index contributed by atoms with van der Waals surface area (Å²) in [5.41, 5.74) is -0.548. The maximum Gasteiger partial charge on any atom is 0.573 e. The fourth-order valence-electron chi connectivity index (χ4n) is 3.38. The quantitative estimate of drug-likeness (QED) is 0.269. The van der Waals surface area contributed by atoms with Gasteiger partial charge in [-0.3, -0.25) is 4.79 Å². The second kappa shape index (κ2) is 9.94. The summed E-state index contributed by atoms with van der Waals surface area (Å²) in [4.78, 5) is 14.2. The normalized spacial score (nSPS) is 14.2. The molecule has 0 aliphatic carbocycles. The number of nitrogens with zero attached hydrogens (tertiary/aromatic N) is 1. The molecule has 13 heteroatoms. The number of phenolic OH excluding ortho intramolecular Hbond substituents is 1. The molecular formula is C23H16ClF5N2O4S. The molecule has 3 aromatic rings. The van der Waals surface area contributed by atoms with Crippen LogP contribution in [0.25, 0.3) is 11.1 Å². The van der Waals surface area contributed by atoms with Crippen LogP contribution in [0.2, 0.25) is 5.02 Å². The van der Waals surface area contributed by atoms with Gasteiger partial charge in [0, 0.05) is 29.8 Å². The van der Waals surface area contributed by atoms with Gasteiger partial charge in [-0.25, -0.2) is 8.78 Å². The molecular weight excluding hydrogens is 531 g/mol. The average Bonchev–Trinajstić information content (AvgIpc) is 2.79. The average molecular weight is 547 g/mol. The second-order valence-electron chi connectivity index (χ2n) is 7.60. The van der Waals surface area contributed by atoms with E-state index in [-0.39, 0.29) is 56.9 Å². The molecule has 0 aromatic heterocycles. The Morgan fingerprint density at radius 1 is 1.11 bits per heavy atom. The van der Waals surface area contributed by atoms with E-state index in [0.29, 0.717) is 18.0 Å². The molecule has 0 saturated heterocycles. The molecule has 1 aliphatic rings. The number of carbonyl (C=O) groups excluding carboxylic acids is 1. The van der Waals surface area contributed by atoms with Gasteiger partial charge in [-0.1, -0.05) is 11.6 Å². The molecule has 1 aliphatic heterocycles. The molecule has 0 radical (unpaired) electrons. The van der Waals surface area contributed by atoms with Crippen LogP contribution in [-0.4, -0.2) is 42.5 Å². The number of likely N-dealkylation sites (N-methyl/N-ethyl adjacent to an activating group) is 1. The number of hydrogen-bond acceptors (Lipinski definition) is 6. The Morgan fingerprint density at radius 2 is 1.86 bits per heavy atom. The molecule has 6 nitrogen and oxygen atoms in total. The van der Waals surface area contributed by atoms with E-state index in [9.17, 15) is 31.9 Å². The molecule has 4 bridgehead atoms. The van der Waals surface area contributed by atoms with Crippen molar-refractivity contribution >= 4 is 35.1 Å². The lowest BCUT2D eigenvalue weighted by molar-refractivity contribution is -0.274. The van der Waals surface area contributed by atoms with Crippen LogP contribution in [0.15, 0.2) is 47.4 Å². The number of carbonyl (C=O) groups is 1. The monoisotopic (exact) mass is 546 g/mol. The van der Waals surface area contributed by atoms with Crippen LogP contribution in [-0.2, 0) is 0 Å². The summed E-state index contributed by atoms with van der Waals surface area (Å²) >= 11 is 6.76. The Balaban J connectivity index is 1.84. The van der Waals surface area contributed by atoms with Gasteiger partial charge in [-0.2, -0.15) is 0 Å². The zero-order chi connectivity index (χ0) is 26.2. The van der Waals surface area contributed by atoms with Gasteiger partial charge in [0.15, 0.2) is 0 Å². The maximum atomic E-state index is 14.9. The zero-order valence-corrected chi connectivity index (χ0v) is 19.8. The van der Waals surface area contributed by atoms with Gasteiger partial charge >= 0.3 is 6.36 Å². The Bertz CT molecular complexity index is 1340. The number of phenols is 1. The molecule has 36 heavy (non-hydrogen) atoms. The highest BCUT2D eigenvalue weighted by molar-refractivity contribution is 8.00. The standard InChI is InChI=1S/C23H16ClF5N2O4S/c1-31-4-5-34-19-3-2-12(35-23(27,28)29)8-14(19)13-9-18(17(26)10-16(13)25)30-36-20-7-11(22(31)33)6-15(24)21(20)32/h2-3,6-10,30,32H,4-5H2,1H3. The van der Waals surface area contributed by atoms with Crippen LogP contribution < -0.4 is 14.2 Å². The van der Waals surface area contributed by atoms with Gasteiger partial charge in [-0.05, 0) is 48.3 Å². The molecule has 4 rings (SSSR count). The molecule has 0 spiro atoms. The number of halogens is 6. The largest absolute Gasteiger partial charge is 0.573 e. The first-order chi connectivity index (χ1) is 16.9. The van der Waals surface area contributed by atoms with E-state index in [2.05, 4.69) is 9.46 Å². The predicted octanol–water partition coefficient (Wildman–Crippen LogP) is 6.47. The molecule has 0 unspecified atom stereocenters. The SMILES string of the molecule is CN1CCOc2ccc(OC(F)(F)F)cc2-c2cc(c(F)cc2F)NSc2cc(cc(Cl)c2O)C1=O. The van der Waals surface area contributed by atoms with E-state index in [0.717, 1.165) is 24.3 Å². The Morgan fingerprint density at radius 3 is 2.58 bits per heavy atom. The van der Waals surface area contributed by atoms with Gasteiger partial charge in [-0.15, -0.1) is 13.2 Å². The maximum absolute atomic E-state index is 14.9. The van der Waals surface area contributed by atoms with Gasteiger partial charge in [0.1, 0.15) is 35.5 Å². The number of benzene rings is 3. The summed E-state index contributed by atoms with van der Waals surface area (Å²) in [5.74, 6) is -3.59. The fraction of sp³-hybridized carbons (Fsp3) is 0.174.